The van der Waals surface area contributed by atoms with Crippen molar-refractivity contribution in [1.82, 2.24) is 4.98 Å². The molecule has 0 radical (unpaired) electrons. The van der Waals surface area contributed by atoms with Crippen LogP contribution in [0.15, 0.2) is 77.3 Å². The minimum absolute atomic E-state index is 0.133. The van der Waals surface area contributed by atoms with Crippen LogP contribution in [0.3, 0.4) is 0 Å². The minimum atomic E-state index is -0.629. The smallest absolute Gasteiger partial charge is 0.339 e. The molecule has 2 saturated carbocycles. The lowest BCUT2D eigenvalue weighted by Gasteiger charge is -2.28. The van der Waals surface area contributed by atoms with Crippen molar-refractivity contribution in [2.24, 2.45) is 23.7 Å². The Hall–Kier alpha value is -3.21. The van der Waals surface area contributed by atoms with Gasteiger partial charge < -0.3 is 4.74 Å². The summed E-state index contributed by atoms with van der Waals surface area (Å²) < 4.78 is 6.33. The summed E-state index contributed by atoms with van der Waals surface area (Å²) in [4.78, 5) is 59.5. The molecule has 3 aliphatic rings. The number of pyridine rings is 1. The summed E-state index contributed by atoms with van der Waals surface area (Å²) in [7, 11) is 0. The molecule has 7 rings (SSSR count). The normalized spacial score (nSPS) is 25.5. The van der Waals surface area contributed by atoms with Crippen molar-refractivity contribution in [3.8, 4) is 11.3 Å². The third-order valence-corrected chi connectivity index (χ3v) is 12.9. The number of carbonyl (C=O) groups excluding carboxylic acids is 4. The number of ether oxygens (including phenoxy) is 1. The van der Waals surface area contributed by atoms with Crippen molar-refractivity contribution in [3.05, 3.63) is 94.0 Å². The number of anilines is 1. The van der Waals surface area contributed by atoms with Crippen LogP contribution >= 0.6 is 47.8 Å². The quantitative estimate of drug-likeness (QED) is 0.0884. The maximum absolute atomic E-state index is 13.5. The topological polar surface area (TPSA) is 93.6 Å². The Kier molecular flexibility index (Phi) is 7.58. The highest BCUT2D eigenvalue weighted by Crippen LogP contribution is 2.60. The molecule has 2 amide bonds. The number of benzene rings is 3. The monoisotopic (exact) mass is 778 g/mol. The molecule has 0 N–H and O–H groups in total. The van der Waals surface area contributed by atoms with Gasteiger partial charge in [-0.15, -0.1) is 0 Å². The second-order valence-electron chi connectivity index (χ2n) is 11.6. The summed E-state index contributed by atoms with van der Waals surface area (Å²) in [5, 5.41) is 0.621. The summed E-state index contributed by atoms with van der Waals surface area (Å²) in [5.74, 6) is -1.50. The van der Waals surface area contributed by atoms with Gasteiger partial charge in [0.2, 0.25) is 11.8 Å². The first-order chi connectivity index (χ1) is 21.1. The van der Waals surface area contributed by atoms with Gasteiger partial charge in [-0.3, -0.25) is 19.3 Å². The molecule has 0 spiro atoms. The van der Waals surface area contributed by atoms with E-state index in [2.05, 4.69) is 47.8 Å². The van der Waals surface area contributed by atoms with Crippen molar-refractivity contribution in [3.63, 3.8) is 0 Å². The second-order valence-corrected chi connectivity index (χ2v) is 14.6. The maximum Gasteiger partial charge on any atom is 0.339 e. The number of esters is 1. The van der Waals surface area contributed by atoms with Gasteiger partial charge >= 0.3 is 5.97 Å². The molecular weight excluding hydrogens is 756 g/mol. The van der Waals surface area contributed by atoms with Gasteiger partial charge in [0.25, 0.3) is 0 Å². The van der Waals surface area contributed by atoms with E-state index in [1.165, 1.54) is 4.90 Å². The highest BCUT2D eigenvalue weighted by Gasteiger charge is 2.66. The number of fused-ring (bicyclic) bond motifs is 6. The molecule has 2 aliphatic carbocycles. The number of rotatable bonds is 6. The molecule has 44 heavy (non-hydrogen) atoms. The van der Waals surface area contributed by atoms with Crippen molar-refractivity contribution < 1.29 is 23.9 Å². The molecule has 6 atom stereocenters. The summed E-state index contributed by atoms with van der Waals surface area (Å²) in [6, 6.07) is 21.2. The van der Waals surface area contributed by atoms with Crippen molar-refractivity contribution in [2.45, 2.75) is 23.0 Å². The first-order valence-electron chi connectivity index (χ1n) is 14.3. The first-order valence-corrected chi connectivity index (χ1v) is 16.9. The van der Waals surface area contributed by atoms with Gasteiger partial charge in [0.1, 0.15) is 0 Å². The number of hydrogen-bond donors (Lipinski definition) is 0. The maximum atomic E-state index is 13.5. The van der Waals surface area contributed by atoms with Crippen LogP contribution in [0.5, 0.6) is 0 Å². The molecule has 1 aromatic heterocycles. The van der Waals surface area contributed by atoms with E-state index in [-0.39, 0.29) is 50.9 Å². The summed E-state index contributed by atoms with van der Waals surface area (Å²) in [6.45, 7) is 1.52. The fourth-order valence-electron chi connectivity index (χ4n) is 7.02. The van der Waals surface area contributed by atoms with E-state index < -0.39 is 12.6 Å². The number of alkyl halides is 2. The predicted molar refractivity (Wildman–Crippen MR) is 177 cm³/mol. The van der Waals surface area contributed by atoms with E-state index >= 15 is 0 Å². The first kappa shape index (κ1) is 29.5. The molecule has 3 aromatic carbocycles. The predicted octanol–water partition coefficient (Wildman–Crippen LogP) is 7.29. The van der Waals surface area contributed by atoms with Gasteiger partial charge in [0.05, 0.1) is 34.3 Å². The van der Waals surface area contributed by atoms with Crippen LogP contribution in [0.4, 0.5) is 5.69 Å². The molecule has 1 aliphatic heterocycles. The fourth-order valence-corrected chi connectivity index (χ4v) is 9.16. The zero-order valence-electron chi connectivity index (χ0n) is 23.4. The van der Waals surface area contributed by atoms with E-state index in [1.807, 2.05) is 19.1 Å². The summed E-state index contributed by atoms with van der Waals surface area (Å²) in [5.41, 5.74) is 4.03. The Morgan fingerprint density at radius 1 is 0.909 bits per heavy atom. The van der Waals surface area contributed by atoms with E-state index in [9.17, 15) is 19.2 Å². The lowest BCUT2D eigenvalue weighted by Crippen LogP contribution is -2.37. The molecule has 4 aromatic rings. The summed E-state index contributed by atoms with van der Waals surface area (Å²) >= 11 is 10.8. The van der Waals surface area contributed by atoms with Crippen LogP contribution in [0.1, 0.15) is 32.7 Å². The number of aryl methyl sites for hydroxylation is 1. The lowest BCUT2D eigenvalue weighted by atomic mass is 9.81. The Bertz CT molecular complexity index is 1830. The number of hydrogen-bond acceptors (Lipinski definition) is 6. The van der Waals surface area contributed by atoms with Crippen LogP contribution in [-0.2, 0) is 14.3 Å². The number of amides is 2. The number of Topliss-reactive ketones (excluding diaryl/α,β-unsaturated/α-hetero) is 1. The number of imide groups is 1. The number of halogens is 3. The van der Waals surface area contributed by atoms with Crippen molar-refractivity contribution in [1.29, 1.82) is 0 Å². The van der Waals surface area contributed by atoms with Gasteiger partial charge in [-0.25, -0.2) is 9.78 Å². The second kappa shape index (κ2) is 11.3. The molecule has 10 heteroatoms. The van der Waals surface area contributed by atoms with Crippen molar-refractivity contribution >= 4 is 87.9 Å². The third-order valence-electron chi connectivity index (χ3n) is 9.17. The van der Waals surface area contributed by atoms with Gasteiger partial charge in [-0.2, -0.15) is 0 Å². The summed E-state index contributed by atoms with van der Waals surface area (Å²) in [6.07, 6.45) is 0.877. The van der Waals surface area contributed by atoms with E-state index in [0.29, 0.717) is 39.0 Å². The number of carbonyl (C=O) groups is 4. The Morgan fingerprint density at radius 3 is 2.18 bits per heavy atom. The van der Waals surface area contributed by atoms with Gasteiger partial charge in [-0.1, -0.05) is 90.3 Å². The molecule has 3 fully saturated rings. The van der Waals surface area contributed by atoms with Gasteiger partial charge in [0.15, 0.2) is 12.4 Å². The van der Waals surface area contributed by atoms with Gasteiger partial charge in [0, 0.05) is 30.6 Å². The Labute approximate surface area is 278 Å². The van der Waals surface area contributed by atoms with Gasteiger partial charge in [-0.05, 0) is 61.1 Å². The number of para-hydroxylation sites is 1. The standard InChI is InChI=1S/C34H25Br3N2O5/c1-16-3-2-4-21-22(34(43)44-15-26(40)18-5-9-19(35)10-6-18)14-25(38-31(16)21)17-7-11-20(12-8-17)39-32(41)27-23-13-24(28(27)33(39)42)30(37)29(23)36/h2-12,14,23-24,27-30H,13,15H2,1H3. The molecular formula is C34H25Br3N2O5. The highest BCUT2D eigenvalue weighted by atomic mass is 79.9. The van der Waals surface area contributed by atoms with Crippen LogP contribution in [0, 0.1) is 30.6 Å². The SMILES string of the molecule is Cc1cccc2c(C(=O)OCC(=O)c3ccc(Br)cc3)cc(-c3ccc(N4C(=O)C5C6CC(C(Br)C6Br)C5C4=O)cc3)nc12. The van der Waals surface area contributed by atoms with E-state index in [4.69, 9.17) is 9.72 Å². The molecule has 6 unspecified atom stereocenters. The molecule has 2 bridgehead atoms. The van der Waals surface area contributed by atoms with Crippen molar-refractivity contribution in [2.75, 3.05) is 11.5 Å². The Morgan fingerprint density at radius 2 is 1.55 bits per heavy atom. The Balaban J connectivity index is 1.16. The number of ketones is 1. The molecule has 2 heterocycles. The largest absolute Gasteiger partial charge is 0.454 e. The van der Waals surface area contributed by atoms with Crippen LogP contribution in [0.2, 0.25) is 0 Å². The fraction of sp³-hybridized carbons (Fsp3) is 0.265. The van der Waals surface area contributed by atoms with Crippen LogP contribution < -0.4 is 4.90 Å². The average Bonchev–Trinajstić information content (AvgIpc) is 3.64. The van der Waals surface area contributed by atoms with E-state index in [0.717, 1.165) is 16.5 Å². The molecule has 1 saturated heterocycles. The van der Waals surface area contributed by atoms with Crippen LogP contribution in [-0.4, -0.2) is 44.8 Å². The minimum Gasteiger partial charge on any atom is -0.454 e. The lowest BCUT2D eigenvalue weighted by molar-refractivity contribution is -0.123. The molecule has 7 nitrogen and oxygen atoms in total. The highest BCUT2D eigenvalue weighted by molar-refractivity contribution is 9.12. The van der Waals surface area contributed by atoms with E-state index in [1.54, 1.807) is 60.7 Å². The average molecular weight is 781 g/mol. The molecule has 222 valence electrons. The zero-order chi connectivity index (χ0) is 30.9. The zero-order valence-corrected chi connectivity index (χ0v) is 28.1. The number of aromatic nitrogens is 1. The van der Waals surface area contributed by atoms with Crippen LogP contribution in [0.25, 0.3) is 22.2 Å². The third kappa shape index (κ3) is 4.77. The number of nitrogens with zero attached hydrogens (tertiary/aromatic N) is 2.